The van der Waals surface area contributed by atoms with E-state index in [1.807, 2.05) is 90.3 Å². The van der Waals surface area contributed by atoms with E-state index in [9.17, 15) is 4.79 Å². The molecule has 0 aliphatic carbocycles. The van der Waals surface area contributed by atoms with Crippen LogP contribution in [0.15, 0.2) is 79.0 Å². The minimum absolute atomic E-state index is 0.0721. The van der Waals surface area contributed by atoms with Gasteiger partial charge in [-0.15, -0.1) is 0 Å². The van der Waals surface area contributed by atoms with E-state index in [1.165, 1.54) is 0 Å². The molecule has 2 aromatic carbocycles. The fourth-order valence-electron chi connectivity index (χ4n) is 2.95. The summed E-state index contributed by atoms with van der Waals surface area (Å²) in [6, 6.07) is 23.0. The van der Waals surface area contributed by atoms with Gasteiger partial charge in [0.1, 0.15) is 22.9 Å². The van der Waals surface area contributed by atoms with Gasteiger partial charge in [-0.1, -0.05) is 54.6 Å². The van der Waals surface area contributed by atoms with Crippen LogP contribution < -0.4 is 10.1 Å². The molecule has 0 bridgehead atoms. The first-order valence-electron chi connectivity index (χ1n) is 8.73. The van der Waals surface area contributed by atoms with Gasteiger partial charge in [0.25, 0.3) is 5.91 Å². The third-order valence-electron chi connectivity index (χ3n) is 4.26. The van der Waals surface area contributed by atoms with Crippen LogP contribution in [0.1, 0.15) is 5.56 Å². The Bertz CT molecular complexity index is 1070. The zero-order valence-electron chi connectivity index (χ0n) is 14.9. The predicted octanol–water partition coefficient (Wildman–Crippen LogP) is 4.33. The normalized spacial score (nSPS) is 10.7. The summed E-state index contributed by atoms with van der Waals surface area (Å²) in [7, 11) is 0. The highest BCUT2D eigenvalue weighted by atomic mass is 16.5. The maximum absolute atomic E-state index is 12.5. The molecule has 5 heteroatoms. The molecule has 0 unspecified atom stereocenters. The zero-order valence-corrected chi connectivity index (χ0v) is 14.9. The zero-order chi connectivity index (χ0) is 18.6. The minimum atomic E-state index is -0.237. The Hall–Kier alpha value is -3.60. The van der Waals surface area contributed by atoms with E-state index < -0.39 is 0 Å². The molecule has 4 aromatic rings. The van der Waals surface area contributed by atoms with Gasteiger partial charge in [-0.2, -0.15) is 0 Å². The predicted molar refractivity (Wildman–Crippen MR) is 106 cm³/mol. The van der Waals surface area contributed by atoms with Crippen molar-refractivity contribution in [3.63, 3.8) is 0 Å². The number of amides is 1. The molecule has 27 heavy (non-hydrogen) atoms. The monoisotopic (exact) mass is 357 g/mol. The number of fused-ring (bicyclic) bond motifs is 1. The molecule has 2 aromatic heterocycles. The van der Waals surface area contributed by atoms with Crippen LogP contribution in [0.2, 0.25) is 0 Å². The number of anilines is 1. The van der Waals surface area contributed by atoms with Crippen LogP contribution in [-0.4, -0.2) is 21.9 Å². The average Bonchev–Trinajstić information content (AvgIpc) is 3.08. The molecule has 0 fully saturated rings. The summed E-state index contributed by atoms with van der Waals surface area (Å²) in [6.45, 7) is 1.93. The number of hydrogen-bond donors (Lipinski definition) is 1. The topological polar surface area (TPSA) is 55.6 Å². The maximum atomic E-state index is 12.5. The van der Waals surface area contributed by atoms with E-state index in [4.69, 9.17) is 9.72 Å². The van der Waals surface area contributed by atoms with Gasteiger partial charge >= 0.3 is 0 Å². The number of aryl methyl sites for hydroxylation is 1. The Balaban J connectivity index is 1.65. The molecule has 0 saturated carbocycles. The van der Waals surface area contributed by atoms with Gasteiger partial charge in [0.15, 0.2) is 6.61 Å². The molecule has 5 nitrogen and oxygen atoms in total. The van der Waals surface area contributed by atoms with Gasteiger partial charge in [-0.25, -0.2) is 4.98 Å². The number of benzene rings is 2. The molecule has 134 valence electrons. The Morgan fingerprint density at radius 1 is 1.00 bits per heavy atom. The second-order valence-corrected chi connectivity index (χ2v) is 6.21. The summed E-state index contributed by atoms with van der Waals surface area (Å²) >= 11 is 0. The fourth-order valence-corrected chi connectivity index (χ4v) is 2.95. The maximum Gasteiger partial charge on any atom is 0.263 e. The lowest BCUT2D eigenvalue weighted by molar-refractivity contribution is -0.118. The first-order chi connectivity index (χ1) is 13.2. The van der Waals surface area contributed by atoms with Crippen LogP contribution in [0.3, 0.4) is 0 Å². The highest BCUT2D eigenvalue weighted by Crippen LogP contribution is 2.29. The number of nitrogens with one attached hydrogen (secondary N) is 1. The van der Waals surface area contributed by atoms with Crippen molar-refractivity contribution in [3.8, 4) is 17.0 Å². The molecule has 0 atom stereocenters. The van der Waals surface area contributed by atoms with Crippen molar-refractivity contribution < 1.29 is 9.53 Å². The summed E-state index contributed by atoms with van der Waals surface area (Å²) in [5.41, 5.74) is 3.53. The van der Waals surface area contributed by atoms with E-state index in [1.54, 1.807) is 0 Å². The second-order valence-electron chi connectivity index (χ2n) is 6.21. The smallest absolute Gasteiger partial charge is 0.263 e. The van der Waals surface area contributed by atoms with Crippen molar-refractivity contribution in [1.82, 2.24) is 9.38 Å². The Morgan fingerprint density at radius 2 is 1.70 bits per heavy atom. The van der Waals surface area contributed by atoms with E-state index in [0.29, 0.717) is 11.6 Å². The SMILES string of the molecule is Cc1cccn2c(NC(=O)COc3ccccc3)c(-c3ccccc3)nc12. The molecule has 2 heterocycles. The van der Waals surface area contributed by atoms with Crippen LogP contribution in [0.25, 0.3) is 16.9 Å². The highest BCUT2D eigenvalue weighted by Gasteiger charge is 2.17. The summed E-state index contributed by atoms with van der Waals surface area (Å²) in [6.07, 6.45) is 1.90. The third kappa shape index (κ3) is 3.53. The number of rotatable bonds is 5. The van der Waals surface area contributed by atoms with Gasteiger partial charge in [0.2, 0.25) is 0 Å². The van der Waals surface area contributed by atoms with Crippen molar-refractivity contribution in [2.45, 2.75) is 6.92 Å². The number of ether oxygens (including phenoxy) is 1. The minimum Gasteiger partial charge on any atom is -0.484 e. The fraction of sp³-hybridized carbons (Fsp3) is 0.0909. The quantitative estimate of drug-likeness (QED) is 0.578. The van der Waals surface area contributed by atoms with Gasteiger partial charge in [-0.05, 0) is 30.7 Å². The summed E-state index contributed by atoms with van der Waals surface area (Å²) in [5, 5.41) is 2.97. The first kappa shape index (κ1) is 16.8. The molecule has 0 saturated heterocycles. The Kier molecular flexibility index (Phi) is 4.58. The number of hydrogen-bond acceptors (Lipinski definition) is 3. The molecule has 4 rings (SSSR count). The van der Waals surface area contributed by atoms with Gasteiger partial charge in [-0.3, -0.25) is 9.20 Å². The van der Waals surface area contributed by atoms with Crippen LogP contribution in [-0.2, 0) is 4.79 Å². The van der Waals surface area contributed by atoms with Gasteiger partial charge in [0.05, 0.1) is 0 Å². The Morgan fingerprint density at radius 3 is 2.44 bits per heavy atom. The standard InChI is InChI=1S/C22H19N3O2/c1-16-9-8-14-25-21(16)24-20(17-10-4-2-5-11-17)22(25)23-19(26)15-27-18-12-6-3-7-13-18/h2-14H,15H2,1H3,(H,23,26). The van der Waals surface area contributed by atoms with E-state index in [0.717, 1.165) is 22.5 Å². The van der Waals surface area contributed by atoms with Crippen molar-refractivity contribution >= 4 is 17.4 Å². The van der Waals surface area contributed by atoms with Crippen LogP contribution in [0.4, 0.5) is 5.82 Å². The average molecular weight is 357 g/mol. The number of carbonyl (C=O) groups excluding carboxylic acids is 1. The number of aromatic nitrogens is 2. The summed E-state index contributed by atoms with van der Waals surface area (Å²) < 4.78 is 7.46. The third-order valence-corrected chi connectivity index (χ3v) is 4.26. The molecule has 1 amide bonds. The molecule has 0 aliphatic rings. The molecular formula is C22H19N3O2. The number of para-hydroxylation sites is 1. The van der Waals surface area contributed by atoms with Gasteiger partial charge in [0, 0.05) is 11.8 Å². The van der Waals surface area contributed by atoms with Crippen LogP contribution >= 0.6 is 0 Å². The van der Waals surface area contributed by atoms with Crippen LogP contribution in [0, 0.1) is 6.92 Å². The van der Waals surface area contributed by atoms with E-state index in [2.05, 4.69) is 5.32 Å². The van der Waals surface area contributed by atoms with Crippen LogP contribution in [0.5, 0.6) is 5.75 Å². The number of pyridine rings is 1. The van der Waals surface area contributed by atoms with Crippen molar-refractivity contribution in [2.75, 3.05) is 11.9 Å². The summed E-state index contributed by atoms with van der Waals surface area (Å²) in [5.74, 6) is 1.06. The van der Waals surface area contributed by atoms with E-state index in [-0.39, 0.29) is 12.5 Å². The molecule has 0 radical (unpaired) electrons. The molecular weight excluding hydrogens is 338 g/mol. The number of imidazole rings is 1. The first-order valence-corrected chi connectivity index (χ1v) is 8.73. The van der Waals surface area contributed by atoms with Crippen molar-refractivity contribution in [3.05, 3.63) is 84.6 Å². The van der Waals surface area contributed by atoms with Crippen molar-refractivity contribution in [2.24, 2.45) is 0 Å². The lowest BCUT2D eigenvalue weighted by Crippen LogP contribution is -2.21. The Labute approximate surface area is 157 Å². The molecule has 0 aliphatic heterocycles. The molecule has 1 N–H and O–H groups in total. The second kappa shape index (κ2) is 7.33. The highest BCUT2D eigenvalue weighted by molar-refractivity contribution is 5.95. The van der Waals surface area contributed by atoms with E-state index >= 15 is 0 Å². The van der Waals surface area contributed by atoms with Gasteiger partial charge < -0.3 is 10.1 Å². The number of nitrogens with zero attached hydrogens (tertiary/aromatic N) is 2. The summed E-state index contributed by atoms with van der Waals surface area (Å²) in [4.78, 5) is 17.3. The number of carbonyl (C=O) groups is 1. The largest absolute Gasteiger partial charge is 0.484 e. The van der Waals surface area contributed by atoms with Crippen molar-refractivity contribution in [1.29, 1.82) is 0 Å². The lowest BCUT2D eigenvalue weighted by atomic mass is 10.1. The molecule has 0 spiro atoms. The lowest BCUT2D eigenvalue weighted by Gasteiger charge is -2.09.